The SMILES string of the molecule is COc1cccc(NC(=O)[C@@H](NCCc2ccccc2F)c2ccccc2)c1. The minimum absolute atomic E-state index is 0.187. The molecule has 0 aliphatic carbocycles. The molecule has 0 fully saturated rings. The fourth-order valence-corrected chi connectivity index (χ4v) is 2.97. The van der Waals surface area contributed by atoms with Crippen molar-refractivity contribution >= 4 is 11.6 Å². The fourth-order valence-electron chi connectivity index (χ4n) is 2.97. The third-order valence-corrected chi connectivity index (χ3v) is 4.43. The van der Waals surface area contributed by atoms with Gasteiger partial charge in [-0.05, 0) is 35.7 Å². The van der Waals surface area contributed by atoms with Crippen molar-refractivity contribution in [2.24, 2.45) is 0 Å². The molecule has 0 aromatic heterocycles. The average Bonchev–Trinajstić information content (AvgIpc) is 2.73. The van der Waals surface area contributed by atoms with E-state index in [9.17, 15) is 9.18 Å². The predicted octanol–water partition coefficient (Wildman–Crippen LogP) is 4.35. The first kappa shape index (κ1) is 19.6. The lowest BCUT2D eigenvalue weighted by atomic mass is 10.1. The Bertz CT molecular complexity index is 915. The van der Waals surface area contributed by atoms with E-state index in [1.807, 2.05) is 54.6 Å². The number of hydrogen-bond acceptors (Lipinski definition) is 3. The molecule has 0 bridgehead atoms. The van der Waals surface area contributed by atoms with Crippen LogP contribution in [-0.4, -0.2) is 19.6 Å². The van der Waals surface area contributed by atoms with Gasteiger partial charge < -0.3 is 15.4 Å². The largest absolute Gasteiger partial charge is 0.497 e. The molecule has 0 spiro atoms. The van der Waals surface area contributed by atoms with Crippen molar-refractivity contribution in [3.8, 4) is 5.75 Å². The summed E-state index contributed by atoms with van der Waals surface area (Å²) >= 11 is 0. The summed E-state index contributed by atoms with van der Waals surface area (Å²) < 4.78 is 19.0. The Hall–Kier alpha value is -3.18. The molecule has 28 heavy (non-hydrogen) atoms. The Morgan fingerprint density at radius 1 is 1.00 bits per heavy atom. The molecular weight excluding hydrogens is 355 g/mol. The van der Waals surface area contributed by atoms with Crippen LogP contribution in [-0.2, 0) is 11.2 Å². The molecule has 0 saturated heterocycles. The zero-order valence-corrected chi connectivity index (χ0v) is 15.7. The van der Waals surface area contributed by atoms with E-state index in [-0.39, 0.29) is 11.7 Å². The molecule has 0 unspecified atom stereocenters. The summed E-state index contributed by atoms with van der Waals surface area (Å²) in [5.74, 6) is 0.246. The molecule has 3 aromatic carbocycles. The Balaban J connectivity index is 1.71. The van der Waals surface area contributed by atoms with Crippen molar-refractivity contribution < 1.29 is 13.9 Å². The summed E-state index contributed by atoms with van der Waals surface area (Å²) in [6, 6.07) is 22.8. The van der Waals surface area contributed by atoms with Crippen molar-refractivity contribution in [3.05, 3.63) is 95.8 Å². The second-order valence-electron chi connectivity index (χ2n) is 6.36. The molecule has 3 aromatic rings. The van der Waals surface area contributed by atoms with Crippen molar-refractivity contribution in [3.63, 3.8) is 0 Å². The zero-order chi connectivity index (χ0) is 19.8. The van der Waals surface area contributed by atoms with Gasteiger partial charge in [-0.15, -0.1) is 0 Å². The maximum Gasteiger partial charge on any atom is 0.246 e. The third-order valence-electron chi connectivity index (χ3n) is 4.43. The van der Waals surface area contributed by atoms with Gasteiger partial charge in [0.1, 0.15) is 17.6 Å². The van der Waals surface area contributed by atoms with Gasteiger partial charge in [0, 0.05) is 18.3 Å². The number of carbonyl (C=O) groups excluding carboxylic acids is 1. The van der Waals surface area contributed by atoms with Gasteiger partial charge in [-0.25, -0.2) is 4.39 Å². The quantitative estimate of drug-likeness (QED) is 0.613. The Morgan fingerprint density at radius 2 is 1.75 bits per heavy atom. The summed E-state index contributed by atoms with van der Waals surface area (Å²) in [6.07, 6.45) is 0.489. The van der Waals surface area contributed by atoms with Crippen LogP contribution in [0.25, 0.3) is 0 Å². The average molecular weight is 378 g/mol. The zero-order valence-electron chi connectivity index (χ0n) is 15.7. The summed E-state index contributed by atoms with van der Waals surface area (Å²) in [6.45, 7) is 0.464. The van der Waals surface area contributed by atoms with Gasteiger partial charge in [0.15, 0.2) is 0 Å². The lowest BCUT2D eigenvalue weighted by Gasteiger charge is -2.19. The van der Waals surface area contributed by atoms with E-state index >= 15 is 0 Å². The highest BCUT2D eigenvalue weighted by Gasteiger charge is 2.20. The number of methoxy groups -OCH3 is 1. The lowest BCUT2D eigenvalue weighted by Crippen LogP contribution is -2.34. The number of anilines is 1. The van der Waals surface area contributed by atoms with Gasteiger partial charge in [0.2, 0.25) is 5.91 Å². The van der Waals surface area contributed by atoms with Crippen LogP contribution in [0.3, 0.4) is 0 Å². The lowest BCUT2D eigenvalue weighted by molar-refractivity contribution is -0.118. The van der Waals surface area contributed by atoms with Crippen LogP contribution in [0.4, 0.5) is 10.1 Å². The molecule has 2 N–H and O–H groups in total. The molecule has 144 valence electrons. The number of ether oxygens (including phenoxy) is 1. The monoisotopic (exact) mass is 378 g/mol. The van der Waals surface area contributed by atoms with Crippen LogP contribution in [0.2, 0.25) is 0 Å². The first-order chi connectivity index (χ1) is 13.7. The van der Waals surface area contributed by atoms with Gasteiger partial charge in [0.05, 0.1) is 7.11 Å². The van der Waals surface area contributed by atoms with Crippen molar-refractivity contribution in [2.45, 2.75) is 12.5 Å². The number of nitrogens with one attached hydrogen (secondary N) is 2. The van der Waals surface area contributed by atoms with Crippen molar-refractivity contribution in [1.29, 1.82) is 0 Å². The highest BCUT2D eigenvalue weighted by atomic mass is 19.1. The Kier molecular flexibility index (Phi) is 6.76. The fraction of sp³-hybridized carbons (Fsp3) is 0.174. The van der Waals surface area contributed by atoms with Crippen LogP contribution < -0.4 is 15.4 Å². The van der Waals surface area contributed by atoms with Gasteiger partial charge in [-0.3, -0.25) is 4.79 Å². The number of rotatable bonds is 8. The smallest absolute Gasteiger partial charge is 0.246 e. The summed E-state index contributed by atoms with van der Waals surface area (Å²) in [7, 11) is 1.58. The molecule has 1 amide bonds. The highest BCUT2D eigenvalue weighted by molar-refractivity contribution is 5.95. The van der Waals surface area contributed by atoms with E-state index in [1.165, 1.54) is 6.07 Å². The number of hydrogen-bond donors (Lipinski definition) is 2. The first-order valence-corrected chi connectivity index (χ1v) is 9.14. The number of carbonyl (C=O) groups is 1. The first-order valence-electron chi connectivity index (χ1n) is 9.14. The summed E-state index contributed by atoms with van der Waals surface area (Å²) in [4.78, 5) is 12.9. The topological polar surface area (TPSA) is 50.4 Å². The molecule has 0 aliphatic rings. The van der Waals surface area contributed by atoms with Crippen LogP contribution in [0.15, 0.2) is 78.9 Å². The summed E-state index contributed by atoms with van der Waals surface area (Å²) in [5, 5.41) is 6.17. The highest BCUT2D eigenvalue weighted by Crippen LogP contribution is 2.20. The molecule has 0 saturated carbocycles. The predicted molar refractivity (Wildman–Crippen MR) is 109 cm³/mol. The van der Waals surface area contributed by atoms with Crippen LogP contribution in [0.5, 0.6) is 5.75 Å². The van der Waals surface area contributed by atoms with Gasteiger partial charge in [-0.2, -0.15) is 0 Å². The van der Waals surface area contributed by atoms with Crippen LogP contribution >= 0.6 is 0 Å². The van der Waals surface area contributed by atoms with Crippen LogP contribution in [0.1, 0.15) is 17.2 Å². The van der Waals surface area contributed by atoms with E-state index in [1.54, 1.807) is 25.3 Å². The molecule has 1 atom stereocenters. The summed E-state index contributed by atoms with van der Waals surface area (Å²) in [5.41, 5.74) is 2.12. The van der Waals surface area contributed by atoms with E-state index in [0.717, 1.165) is 5.56 Å². The molecule has 3 rings (SSSR count). The third kappa shape index (κ3) is 5.18. The van der Waals surface area contributed by atoms with Gasteiger partial charge in [-0.1, -0.05) is 54.6 Å². The minimum atomic E-state index is -0.556. The maximum absolute atomic E-state index is 13.8. The Labute approximate surface area is 164 Å². The normalized spacial score (nSPS) is 11.6. The number of amides is 1. The second kappa shape index (κ2) is 9.67. The van der Waals surface area contributed by atoms with Crippen molar-refractivity contribution in [1.82, 2.24) is 5.32 Å². The van der Waals surface area contributed by atoms with E-state index in [2.05, 4.69) is 10.6 Å². The number of halogens is 1. The molecular formula is C23H23FN2O2. The van der Waals surface area contributed by atoms with Gasteiger partial charge in [0.25, 0.3) is 0 Å². The molecule has 0 radical (unpaired) electrons. The number of benzene rings is 3. The molecule has 5 heteroatoms. The molecule has 0 aliphatic heterocycles. The second-order valence-corrected chi connectivity index (χ2v) is 6.36. The van der Waals surface area contributed by atoms with Crippen molar-refractivity contribution in [2.75, 3.05) is 19.0 Å². The maximum atomic E-state index is 13.8. The van der Waals surface area contributed by atoms with Crippen LogP contribution in [0, 0.1) is 5.82 Å². The standard InChI is InChI=1S/C23H23FN2O2/c1-28-20-12-7-11-19(16-20)26-23(27)22(18-9-3-2-4-10-18)25-15-14-17-8-5-6-13-21(17)24/h2-13,16,22,25H,14-15H2,1H3,(H,26,27)/t22-/m0/s1. The molecule has 0 heterocycles. The van der Waals surface area contributed by atoms with E-state index < -0.39 is 6.04 Å². The Morgan fingerprint density at radius 3 is 2.50 bits per heavy atom. The van der Waals surface area contributed by atoms with E-state index in [0.29, 0.717) is 30.0 Å². The molecule has 4 nitrogen and oxygen atoms in total. The minimum Gasteiger partial charge on any atom is -0.497 e. The van der Waals surface area contributed by atoms with E-state index in [4.69, 9.17) is 4.74 Å². The van der Waals surface area contributed by atoms with Gasteiger partial charge >= 0.3 is 0 Å².